The first-order chi connectivity index (χ1) is 16.7. The molecule has 0 spiro atoms. The maximum absolute atomic E-state index is 12.6. The molecule has 1 atom stereocenters. The van der Waals surface area contributed by atoms with E-state index in [1.807, 2.05) is 89.6 Å². The Morgan fingerprint density at radius 2 is 1.68 bits per heavy atom. The Bertz CT molecular complexity index is 1160. The number of anilines is 1. The normalized spacial score (nSPS) is 11.8. The van der Waals surface area contributed by atoms with E-state index in [9.17, 15) is 9.90 Å². The van der Waals surface area contributed by atoms with Crippen molar-refractivity contribution in [1.29, 1.82) is 0 Å². The van der Waals surface area contributed by atoms with Crippen molar-refractivity contribution >= 4 is 11.6 Å². The van der Waals surface area contributed by atoms with E-state index in [0.717, 1.165) is 22.6 Å². The third-order valence-electron chi connectivity index (χ3n) is 5.42. The SMILES string of the molecule is O=C(Cc1nc(CCNC[C@H](O)c2ccccc2)cn1Cc1ccccn1)Nc1ccccc1. The van der Waals surface area contributed by atoms with Crippen LogP contribution in [0.3, 0.4) is 0 Å². The number of pyridine rings is 1. The van der Waals surface area contributed by atoms with E-state index in [1.54, 1.807) is 6.20 Å². The summed E-state index contributed by atoms with van der Waals surface area (Å²) in [6.45, 7) is 1.67. The van der Waals surface area contributed by atoms with Crippen LogP contribution in [-0.4, -0.2) is 38.6 Å². The van der Waals surface area contributed by atoms with Crippen molar-refractivity contribution in [3.8, 4) is 0 Å². The molecule has 34 heavy (non-hydrogen) atoms. The first-order valence-electron chi connectivity index (χ1n) is 11.4. The highest BCUT2D eigenvalue weighted by Crippen LogP contribution is 2.12. The van der Waals surface area contributed by atoms with Crippen LogP contribution in [0, 0.1) is 0 Å². The van der Waals surface area contributed by atoms with Gasteiger partial charge in [-0.05, 0) is 29.8 Å². The standard InChI is InChI=1S/C27H29N5O2/c33-25(21-9-3-1-4-10-21)18-28-16-14-24-20-32(19-23-13-7-8-15-29-23)26(30-24)17-27(34)31-22-11-5-2-6-12-22/h1-13,15,20,25,28,33H,14,16-19H2,(H,31,34)/t25-/m0/s1. The molecule has 0 saturated carbocycles. The van der Waals surface area contributed by atoms with Gasteiger partial charge in [0.2, 0.25) is 5.91 Å². The highest BCUT2D eigenvalue weighted by atomic mass is 16.3. The molecule has 0 aliphatic rings. The second-order valence-electron chi connectivity index (χ2n) is 8.07. The quantitative estimate of drug-likeness (QED) is 0.302. The fourth-order valence-electron chi connectivity index (χ4n) is 3.70. The average molecular weight is 456 g/mol. The zero-order chi connectivity index (χ0) is 23.6. The van der Waals surface area contributed by atoms with Crippen LogP contribution in [0.1, 0.15) is 28.9 Å². The number of nitrogens with one attached hydrogen (secondary N) is 2. The van der Waals surface area contributed by atoms with Crippen LogP contribution in [0.25, 0.3) is 0 Å². The summed E-state index contributed by atoms with van der Waals surface area (Å²) < 4.78 is 1.99. The molecule has 4 rings (SSSR count). The van der Waals surface area contributed by atoms with Gasteiger partial charge in [0, 0.05) is 37.6 Å². The lowest BCUT2D eigenvalue weighted by molar-refractivity contribution is -0.115. The van der Waals surface area contributed by atoms with Crippen LogP contribution in [0.5, 0.6) is 0 Å². The van der Waals surface area contributed by atoms with Crippen molar-refractivity contribution in [3.05, 3.63) is 114 Å². The Morgan fingerprint density at radius 1 is 0.941 bits per heavy atom. The second-order valence-corrected chi connectivity index (χ2v) is 8.07. The number of carbonyl (C=O) groups is 1. The number of imidazole rings is 1. The number of aliphatic hydroxyl groups is 1. The van der Waals surface area contributed by atoms with Crippen LogP contribution in [0.4, 0.5) is 5.69 Å². The number of nitrogens with zero attached hydrogens (tertiary/aromatic N) is 3. The molecular weight excluding hydrogens is 426 g/mol. The maximum Gasteiger partial charge on any atom is 0.231 e. The third kappa shape index (κ3) is 6.84. The lowest BCUT2D eigenvalue weighted by Crippen LogP contribution is -2.23. The smallest absolute Gasteiger partial charge is 0.231 e. The summed E-state index contributed by atoms with van der Waals surface area (Å²) in [5.74, 6) is 0.577. The zero-order valence-electron chi connectivity index (χ0n) is 19.0. The minimum atomic E-state index is -0.555. The molecule has 0 saturated heterocycles. The van der Waals surface area contributed by atoms with E-state index >= 15 is 0 Å². The molecule has 0 fully saturated rings. The van der Waals surface area contributed by atoms with Gasteiger partial charge in [0.1, 0.15) is 5.82 Å². The van der Waals surface area contributed by atoms with E-state index in [1.165, 1.54) is 0 Å². The first kappa shape index (κ1) is 23.4. The van der Waals surface area contributed by atoms with Gasteiger partial charge in [-0.1, -0.05) is 54.6 Å². The highest BCUT2D eigenvalue weighted by Gasteiger charge is 2.14. The number of para-hydroxylation sites is 1. The molecular formula is C27H29N5O2. The van der Waals surface area contributed by atoms with Crippen LogP contribution in [0.2, 0.25) is 0 Å². The highest BCUT2D eigenvalue weighted by molar-refractivity contribution is 5.91. The van der Waals surface area contributed by atoms with Crippen molar-refractivity contribution < 1.29 is 9.90 Å². The number of amides is 1. The van der Waals surface area contributed by atoms with Crippen LogP contribution >= 0.6 is 0 Å². The molecule has 4 aromatic rings. The Hall–Kier alpha value is -3.81. The van der Waals surface area contributed by atoms with Gasteiger partial charge in [0.25, 0.3) is 0 Å². The average Bonchev–Trinajstić information content (AvgIpc) is 3.24. The molecule has 0 bridgehead atoms. The third-order valence-corrected chi connectivity index (χ3v) is 5.42. The Kier molecular flexibility index (Phi) is 8.16. The predicted molar refractivity (Wildman–Crippen MR) is 132 cm³/mol. The van der Waals surface area contributed by atoms with Crippen molar-refractivity contribution in [2.45, 2.75) is 25.5 Å². The lowest BCUT2D eigenvalue weighted by Gasteiger charge is -2.11. The summed E-state index contributed by atoms with van der Waals surface area (Å²) in [6, 6.07) is 24.8. The summed E-state index contributed by atoms with van der Waals surface area (Å²) in [5.41, 5.74) is 3.44. The molecule has 0 unspecified atom stereocenters. The van der Waals surface area contributed by atoms with Crippen LogP contribution in [0.15, 0.2) is 91.3 Å². The summed E-state index contributed by atoms with van der Waals surface area (Å²) >= 11 is 0. The maximum atomic E-state index is 12.6. The number of aliphatic hydroxyl groups excluding tert-OH is 1. The molecule has 7 nitrogen and oxygen atoms in total. The van der Waals surface area contributed by atoms with Crippen molar-refractivity contribution in [1.82, 2.24) is 19.9 Å². The fraction of sp³-hybridized carbons (Fsp3) is 0.222. The number of hydrogen-bond donors (Lipinski definition) is 3. The van der Waals surface area contributed by atoms with Crippen LogP contribution in [-0.2, 0) is 24.2 Å². The summed E-state index contributed by atoms with van der Waals surface area (Å²) in [6.07, 6.45) is 4.04. The molecule has 0 aliphatic carbocycles. The molecule has 1 amide bonds. The van der Waals surface area contributed by atoms with E-state index in [2.05, 4.69) is 15.6 Å². The second kappa shape index (κ2) is 11.9. The number of carbonyl (C=O) groups excluding carboxylic acids is 1. The van der Waals surface area contributed by atoms with E-state index < -0.39 is 6.10 Å². The van der Waals surface area contributed by atoms with E-state index in [0.29, 0.717) is 31.9 Å². The van der Waals surface area contributed by atoms with Crippen molar-refractivity contribution in [2.24, 2.45) is 0 Å². The van der Waals surface area contributed by atoms with E-state index in [4.69, 9.17) is 4.98 Å². The number of benzene rings is 2. The largest absolute Gasteiger partial charge is 0.387 e. The molecule has 0 aliphatic heterocycles. The molecule has 2 aromatic heterocycles. The van der Waals surface area contributed by atoms with E-state index in [-0.39, 0.29) is 12.3 Å². The number of aromatic nitrogens is 3. The molecule has 174 valence electrons. The Morgan fingerprint density at radius 3 is 2.41 bits per heavy atom. The fourth-order valence-corrected chi connectivity index (χ4v) is 3.70. The number of hydrogen-bond acceptors (Lipinski definition) is 5. The van der Waals surface area contributed by atoms with Gasteiger partial charge in [0.15, 0.2) is 0 Å². The molecule has 7 heteroatoms. The summed E-state index contributed by atoms with van der Waals surface area (Å²) in [4.78, 5) is 21.8. The summed E-state index contributed by atoms with van der Waals surface area (Å²) in [5, 5.41) is 16.5. The van der Waals surface area contributed by atoms with Gasteiger partial charge in [-0.2, -0.15) is 0 Å². The lowest BCUT2D eigenvalue weighted by atomic mass is 10.1. The van der Waals surface area contributed by atoms with Crippen molar-refractivity contribution in [2.75, 3.05) is 18.4 Å². The van der Waals surface area contributed by atoms with Gasteiger partial charge in [0.05, 0.1) is 30.5 Å². The molecule has 3 N–H and O–H groups in total. The first-order valence-corrected chi connectivity index (χ1v) is 11.4. The van der Waals surface area contributed by atoms with Gasteiger partial charge in [-0.3, -0.25) is 9.78 Å². The molecule has 0 radical (unpaired) electrons. The monoisotopic (exact) mass is 455 g/mol. The Balaban J connectivity index is 1.38. The molecule has 2 aromatic carbocycles. The van der Waals surface area contributed by atoms with Crippen LogP contribution < -0.4 is 10.6 Å². The van der Waals surface area contributed by atoms with Crippen molar-refractivity contribution in [3.63, 3.8) is 0 Å². The van der Waals surface area contributed by atoms with Gasteiger partial charge in [-0.15, -0.1) is 0 Å². The van der Waals surface area contributed by atoms with Gasteiger partial charge < -0.3 is 20.3 Å². The van der Waals surface area contributed by atoms with Gasteiger partial charge in [-0.25, -0.2) is 4.98 Å². The zero-order valence-corrected chi connectivity index (χ0v) is 19.0. The van der Waals surface area contributed by atoms with Gasteiger partial charge >= 0.3 is 0 Å². The Labute approximate surface area is 199 Å². The topological polar surface area (TPSA) is 92.1 Å². The minimum Gasteiger partial charge on any atom is -0.387 e. The minimum absolute atomic E-state index is 0.116. The molecule has 2 heterocycles. The summed E-state index contributed by atoms with van der Waals surface area (Å²) in [7, 11) is 0. The predicted octanol–water partition coefficient (Wildman–Crippen LogP) is 3.37. The number of rotatable bonds is 11.